The second-order valence-corrected chi connectivity index (χ2v) is 9.57. The molecule has 0 bridgehead atoms. The van der Waals surface area contributed by atoms with Crippen LogP contribution in [0.1, 0.15) is 23.6 Å². The lowest BCUT2D eigenvalue weighted by atomic mass is 9.94. The Balaban J connectivity index is 1.83. The van der Waals surface area contributed by atoms with Gasteiger partial charge in [0.05, 0.1) is 28.8 Å². The lowest BCUT2D eigenvalue weighted by Crippen LogP contribution is -2.32. The van der Waals surface area contributed by atoms with Crippen molar-refractivity contribution in [2.24, 2.45) is 0 Å². The first-order valence-electron chi connectivity index (χ1n) is 11.2. The van der Waals surface area contributed by atoms with Crippen molar-refractivity contribution in [2.75, 3.05) is 34.3 Å². The van der Waals surface area contributed by atoms with Gasteiger partial charge in [0.1, 0.15) is 11.5 Å². The van der Waals surface area contributed by atoms with Crippen LogP contribution in [0.15, 0.2) is 60.2 Å². The molecule has 1 amide bonds. The van der Waals surface area contributed by atoms with Crippen LogP contribution in [0.5, 0.6) is 5.75 Å². The third-order valence-electron chi connectivity index (χ3n) is 6.12. The van der Waals surface area contributed by atoms with Gasteiger partial charge < -0.3 is 19.6 Å². The summed E-state index contributed by atoms with van der Waals surface area (Å²) in [6, 6.07) is 15.2. The SMILES string of the molecule is COc1ccc2cc(/C(O)=C3\C(=O)C(=O)N(CCCN(C)C)C3c3ccc(Cl)c(Cl)c3)ccc2c1. The van der Waals surface area contributed by atoms with Crippen molar-refractivity contribution >= 4 is 51.4 Å². The van der Waals surface area contributed by atoms with Gasteiger partial charge in [0.2, 0.25) is 0 Å². The number of likely N-dealkylation sites (tertiary alicyclic amines) is 1. The predicted octanol–water partition coefficient (Wildman–Crippen LogP) is 5.53. The highest BCUT2D eigenvalue weighted by Gasteiger charge is 2.45. The molecule has 1 saturated heterocycles. The number of aliphatic hydroxyl groups is 1. The van der Waals surface area contributed by atoms with E-state index < -0.39 is 17.7 Å². The number of ether oxygens (including phenoxy) is 1. The number of ketones is 1. The van der Waals surface area contributed by atoms with Crippen LogP contribution in [-0.4, -0.2) is 60.9 Å². The number of Topliss-reactive ketones (excluding diaryl/α,β-unsaturated/α-hetero) is 1. The summed E-state index contributed by atoms with van der Waals surface area (Å²) in [5.74, 6) is -0.880. The van der Waals surface area contributed by atoms with Crippen LogP contribution in [0, 0.1) is 0 Å². The summed E-state index contributed by atoms with van der Waals surface area (Å²) in [6.07, 6.45) is 0.662. The number of aliphatic hydroxyl groups excluding tert-OH is 1. The van der Waals surface area contributed by atoms with Gasteiger partial charge in [-0.2, -0.15) is 0 Å². The number of carbonyl (C=O) groups excluding carboxylic acids is 2. The fraction of sp³-hybridized carbons (Fsp3) is 0.259. The number of amides is 1. The number of benzene rings is 3. The van der Waals surface area contributed by atoms with E-state index in [-0.39, 0.29) is 11.3 Å². The zero-order valence-corrected chi connectivity index (χ0v) is 21.2. The number of nitrogens with zero attached hydrogens (tertiary/aromatic N) is 2. The van der Waals surface area contributed by atoms with Crippen LogP contribution < -0.4 is 4.74 Å². The molecule has 1 heterocycles. The van der Waals surface area contributed by atoms with Gasteiger partial charge in [-0.3, -0.25) is 9.59 Å². The molecule has 3 aromatic rings. The van der Waals surface area contributed by atoms with E-state index in [2.05, 4.69) is 0 Å². The molecule has 1 aliphatic heterocycles. The van der Waals surface area contributed by atoms with Crippen molar-refractivity contribution in [3.63, 3.8) is 0 Å². The number of halogens is 2. The summed E-state index contributed by atoms with van der Waals surface area (Å²) in [6.45, 7) is 1.09. The third-order valence-corrected chi connectivity index (χ3v) is 6.86. The molecule has 1 atom stereocenters. The first-order chi connectivity index (χ1) is 16.7. The second-order valence-electron chi connectivity index (χ2n) is 8.75. The topological polar surface area (TPSA) is 70.1 Å². The number of rotatable bonds is 7. The number of methoxy groups -OCH3 is 1. The van der Waals surface area contributed by atoms with Gasteiger partial charge >= 0.3 is 0 Å². The average Bonchev–Trinajstić information content (AvgIpc) is 3.09. The minimum Gasteiger partial charge on any atom is -0.507 e. The summed E-state index contributed by atoms with van der Waals surface area (Å²) < 4.78 is 5.28. The predicted molar refractivity (Wildman–Crippen MR) is 139 cm³/mol. The summed E-state index contributed by atoms with van der Waals surface area (Å²) in [7, 11) is 5.49. The average molecular weight is 513 g/mol. The maximum absolute atomic E-state index is 13.2. The Morgan fingerprint density at radius 2 is 1.71 bits per heavy atom. The molecule has 0 spiro atoms. The summed E-state index contributed by atoms with van der Waals surface area (Å²) in [4.78, 5) is 29.8. The van der Waals surface area contributed by atoms with Crippen LogP contribution in [-0.2, 0) is 9.59 Å². The Hall–Kier alpha value is -3.06. The van der Waals surface area contributed by atoms with Crippen molar-refractivity contribution in [1.29, 1.82) is 0 Å². The summed E-state index contributed by atoms with van der Waals surface area (Å²) in [5, 5.41) is 13.8. The molecule has 8 heteroatoms. The van der Waals surface area contributed by atoms with Gasteiger partial charge in [-0.15, -0.1) is 0 Å². The number of carbonyl (C=O) groups is 2. The van der Waals surface area contributed by atoms with Crippen LogP contribution in [0.4, 0.5) is 0 Å². The number of hydrogen-bond donors (Lipinski definition) is 1. The van der Waals surface area contributed by atoms with E-state index in [1.54, 1.807) is 37.4 Å². The van der Waals surface area contributed by atoms with Crippen LogP contribution >= 0.6 is 23.2 Å². The highest BCUT2D eigenvalue weighted by molar-refractivity contribution is 6.47. The van der Waals surface area contributed by atoms with E-state index >= 15 is 0 Å². The highest BCUT2D eigenvalue weighted by Crippen LogP contribution is 2.41. The first-order valence-corrected chi connectivity index (χ1v) is 11.9. The van der Waals surface area contributed by atoms with Crippen molar-refractivity contribution in [2.45, 2.75) is 12.5 Å². The molecule has 0 aromatic heterocycles. The van der Waals surface area contributed by atoms with E-state index in [9.17, 15) is 14.7 Å². The highest BCUT2D eigenvalue weighted by atomic mass is 35.5. The van der Waals surface area contributed by atoms with Gasteiger partial charge in [-0.1, -0.05) is 47.5 Å². The van der Waals surface area contributed by atoms with Gasteiger partial charge in [0, 0.05) is 12.1 Å². The van der Waals surface area contributed by atoms with E-state index in [4.69, 9.17) is 27.9 Å². The first kappa shape index (κ1) is 25.0. The molecule has 1 unspecified atom stereocenters. The molecule has 35 heavy (non-hydrogen) atoms. The third kappa shape index (κ3) is 5.01. The van der Waals surface area contributed by atoms with Crippen molar-refractivity contribution in [1.82, 2.24) is 9.80 Å². The minimum absolute atomic E-state index is 0.0334. The molecule has 3 aromatic carbocycles. The molecule has 0 saturated carbocycles. The lowest BCUT2D eigenvalue weighted by Gasteiger charge is -2.26. The van der Waals surface area contributed by atoms with Crippen molar-refractivity contribution < 1.29 is 19.4 Å². The normalized spacial score (nSPS) is 17.5. The molecule has 1 N–H and O–H groups in total. The van der Waals surface area contributed by atoms with E-state index in [0.29, 0.717) is 34.1 Å². The molecule has 0 radical (unpaired) electrons. The maximum Gasteiger partial charge on any atom is 0.295 e. The quantitative estimate of drug-likeness (QED) is 0.256. The van der Waals surface area contributed by atoms with E-state index in [1.165, 1.54) is 4.90 Å². The largest absolute Gasteiger partial charge is 0.507 e. The standard InChI is InChI=1S/C27H26Cl2N2O4/c1-30(2)11-4-12-31-24(18-8-10-21(28)22(29)15-18)23(26(33)27(31)34)25(32)19-6-5-17-14-20(35-3)9-7-16(17)13-19/h5-10,13-15,24,32H,4,11-12H2,1-3H3/b25-23+. The molecule has 1 aliphatic rings. The lowest BCUT2D eigenvalue weighted by molar-refractivity contribution is -0.139. The Morgan fingerprint density at radius 3 is 2.40 bits per heavy atom. The Morgan fingerprint density at radius 1 is 1.00 bits per heavy atom. The fourth-order valence-electron chi connectivity index (χ4n) is 4.35. The fourth-order valence-corrected chi connectivity index (χ4v) is 4.66. The maximum atomic E-state index is 13.2. The van der Waals surface area contributed by atoms with Gasteiger partial charge in [-0.05, 0) is 73.7 Å². The molecular formula is C27H26Cl2N2O4. The molecule has 4 rings (SSSR count). The van der Waals surface area contributed by atoms with Crippen LogP contribution in [0.25, 0.3) is 16.5 Å². The molecule has 0 aliphatic carbocycles. The second kappa shape index (κ2) is 10.3. The van der Waals surface area contributed by atoms with Crippen LogP contribution in [0.3, 0.4) is 0 Å². The molecule has 6 nitrogen and oxygen atoms in total. The molecule has 1 fully saturated rings. The molecule has 182 valence electrons. The Kier molecular flexibility index (Phi) is 7.36. The Bertz CT molecular complexity index is 1340. The number of hydrogen-bond acceptors (Lipinski definition) is 5. The zero-order valence-electron chi connectivity index (χ0n) is 19.7. The Labute approximate surface area is 214 Å². The monoisotopic (exact) mass is 512 g/mol. The van der Waals surface area contributed by atoms with Crippen molar-refractivity contribution in [3.05, 3.63) is 81.3 Å². The summed E-state index contributed by atoms with van der Waals surface area (Å²) in [5.41, 5.74) is 1.08. The van der Waals surface area contributed by atoms with Crippen LogP contribution in [0.2, 0.25) is 10.0 Å². The van der Waals surface area contributed by atoms with Gasteiger partial charge in [0.15, 0.2) is 0 Å². The van der Waals surface area contributed by atoms with Gasteiger partial charge in [0.25, 0.3) is 11.7 Å². The smallest absolute Gasteiger partial charge is 0.295 e. The summed E-state index contributed by atoms with van der Waals surface area (Å²) >= 11 is 12.4. The van der Waals surface area contributed by atoms with Crippen molar-refractivity contribution in [3.8, 4) is 5.75 Å². The molecular weight excluding hydrogens is 487 g/mol. The van der Waals surface area contributed by atoms with E-state index in [1.807, 2.05) is 43.3 Å². The van der Waals surface area contributed by atoms with Gasteiger partial charge in [-0.25, -0.2) is 0 Å². The number of fused-ring (bicyclic) bond motifs is 1. The van der Waals surface area contributed by atoms with E-state index in [0.717, 1.165) is 23.1 Å². The minimum atomic E-state index is -0.779. The zero-order chi connectivity index (χ0) is 25.3.